The van der Waals surface area contributed by atoms with E-state index in [1.165, 1.54) is 18.2 Å². The third-order valence-corrected chi connectivity index (χ3v) is 5.62. The molecule has 0 unspecified atom stereocenters. The number of carbonyl (C=O) groups is 2. The molecule has 0 aliphatic carbocycles. The van der Waals surface area contributed by atoms with Gasteiger partial charge in [0.15, 0.2) is 0 Å². The van der Waals surface area contributed by atoms with Crippen LogP contribution in [0.25, 0.3) is 0 Å². The lowest BCUT2D eigenvalue weighted by Crippen LogP contribution is -2.51. The van der Waals surface area contributed by atoms with Gasteiger partial charge in [0.1, 0.15) is 17.5 Å². The molecule has 0 saturated carbocycles. The number of nitrogens with one attached hydrogen (secondary N) is 1. The zero-order valence-electron chi connectivity index (χ0n) is 18.7. The van der Waals surface area contributed by atoms with E-state index in [-0.39, 0.29) is 17.4 Å². The molecule has 0 spiro atoms. The van der Waals surface area contributed by atoms with Crippen LogP contribution in [0.1, 0.15) is 25.3 Å². The number of benzene rings is 2. The Morgan fingerprint density at radius 1 is 0.970 bits per heavy atom. The van der Waals surface area contributed by atoms with Gasteiger partial charge in [0.2, 0.25) is 5.91 Å². The zero-order valence-corrected chi connectivity index (χ0v) is 18.7. The molecule has 0 bridgehead atoms. The molecule has 1 heterocycles. The fraction of sp³-hybridized carbons (Fsp3) is 0.417. The highest BCUT2D eigenvalue weighted by Crippen LogP contribution is 2.16. The van der Waals surface area contributed by atoms with Crippen molar-refractivity contribution in [3.05, 3.63) is 65.5 Å². The first-order valence-corrected chi connectivity index (χ1v) is 11.1. The average molecular weight is 463 g/mol. The number of nitrogens with zero attached hydrogens (tertiary/aromatic N) is 3. The van der Waals surface area contributed by atoms with Gasteiger partial charge in [-0.3, -0.25) is 9.69 Å². The van der Waals surface area contributed by atoms with Gasteiger partial charge >= 0.3 is 6.03 Å². The highest BCUT2D eigenvalue weighted by atomic mass is 19.1. The summed E-state index contributed by atoms with van der Waals surface area (Å²) in [6.07, 6.45) is 1.20. The second-order valence-electron chi connectivity index (χ2n) is 8.07. The van der Waals surface area contributed by atoms with Crippen molar-refractivity contribution >= 4 is 17.6 Å². The van der Waals surface area contributed by atoms with Gasteiger partial charge in [0.05, 0.1) is 5.69 Å². The Bertz CT molecular complexity index is 947. The molecule has 33 heavy (non-hydrogen) atoms. The summed E-state index contributed by atoms with van der Waals surface area (Å²) in [4.78, 5) is 30.5. The van der Waals surface area contributed by atoms with E-state index in [4.69, 9.17) is 0 Å². The highest BCUT2D eigenvalue weighted by molar-refractivity contribution is 5.89. The fourth-order valence-corrected chi connectivity index (χ4v) is 3.70. The van der Waals surface area contributed by atoms with Crippen LogP contribution in [-0.4, -0.2) is 65.9 Å². The number of amides is 3. The van der Waals surface area contributed by atoms with E-state index >= 15 is 0 Å². The van der Waals surface area contributed by atoms with Gasteiger partial charge in [-0.1, -0.05) is 19.1 Å². The van der Waals surface area contributed by atoms with Crippen molar-refractivity contribution in [1.82, 2.24) is 14.7 Å². The smallest absolute Gasteiger partial charge is 0.322 e. The first kappa shape index (κ1) is 24.6. The number of urea groups is 1. The monoisotopic (exact) mass is 462 g/mol. The van der Waals surface area contributed by atoms with E-state index in [1.54, 1.807) is 21.9 Å². The lowest BCUT2D eigenvalue weighted by molar-refractivity contribution is -0.132. The van der Waals surface area contributed by atoms with Crippen LogP contribution in [0.5, 0.6) is 0 Å². The maximum atomic E-state index is 13.8. The summed E-state index contributed by atoms with van der Waals surface area (Å²) in [5.41, 5.74) is 0.810. The molecule has 1 aliphatic rings. The number of piperazine rings is 1. The van der Waals surface area contributed by atoms with Gasteiger partial charge in [-0.2, -0.15) is 0 Å². The summed E-state index contributed by atoms with van der Waals surface area (Å²) >= 11 is 0. The molecule has 9 heteroatoms. The van der Waals surface area contributed by atoms with E-state index in [1.807, 2.05) is 6.92 Å². The Morgan fingerprint density at radius 3 is 2.27 bits per heavy atom. The summed E-state index contributed by atoms with van der Waals surface area (Å²) in [7, 11) is 0. The Labute approximate surface area is 192 Å². The van der Waals surface area contributed by atoms with E-state index < -0.39 is 17.7 Å². The van der Waals surface area contributed by atoms with Crippen molar-refractivity contribution in [3.63, 3.8) is 0 Å². The Balaban J connectivity index is 1.49. The minimum Gasteiger partial charge on any atom is -0.337 e. The molecular formula is C24H29F3N4O2. The normalized spacial score (nSPS) is 14.2. The zero-order chi connectivity index (χ0) is 23.8. The van der Waals surface area contributed by atoms with Crippen molar-refractivity contribution < 1.29 is 22.8 Å². The van der Waals surface area contributed by atoms with E-state index in [2.05, 4.69) is 10.2 Å². The van der Waals surface area contributed by atoms with Gasteiger partial charge in [-0.05, 0) is 36.2 Å². The molecule has 2 aromatic carbocycles. The summed E-state index contributed by atoms with van der Waals surface area (Å²) in [6, 6.07) is 8.73. The third kappa shape index (κ3) is 7.21. The number of anilines is 1. The summed E-state index contributed by atoms with van der Waals surface area (Å²) < 4.78 is 40.0. The number of rotatable bonds is 8. The maximum absolute atomic E-state index is 13.8. The molecule has 2 aromatic rings. The van der Waals surface area contributed by atoms with Gasteiger partial charge in [-0.25, -0.2) is 18.0 Å². The van der Waals surface area contributed by atoms with Crippen molar-refractivity contribution in [3.8, 4) is 0 Å². The van der Waals surface area contributed by atoms with Crippen molar-refractivity contribution in [2.75, 3.05) is 44.6 Å². The maximum Gasteiger partial charge on any atom is 0.322 e. The van der Waals surface area contributed by atoms with Crippen LogP contribution < -0.4 is 5.32 Å². The van der Waals surface area contributed by atoms with E-state index in [0.29, 0.717) is 52.2 Å². The summed E-state index contributed by atoms with van der Waals surface area (Å²) in [6.45, 7) is 5.70. The van der Waals surface area contributed by atoms with Gasteiger partial charge < -0.3 is 15.1 Å². The molecule has 6 nitrogen and oxygen atoms in total. The molecule has 0 aromatic heterocycles. The van der Waals surface area contributed by atoms with Crippen LogP contribution in [0, 0.1) is 17.5 Å². The Kier molecular flexibility index (Phi) is 8.71. The fourth-order valence-electron chi connectivity index (χ4n) is 3.70. The van der Waals surface area contributed by atoms with Crippen LogP contribution in [0.4, 0.5) is 23.7 Å². The van der Waals surface area contributed by atoms with Crippen molar-refractivity contribution in [2.24, 2.45) is 0 Å². The second-order valence-corrected chi connectivity index (χ2v) is 8.07. The molecule has 1 saturated heterocycles. The number of hydrogen-bond acceptors (Lipinski definition) is 3. The van der Waals surface area contributed by atoms with E-state index in [0.717, 1.165) is 24.1 Å². The quantitative estimate of drug-likeness (QED) is 0.643. The summed E-state index contributed by atoms with van der Waals surface area (Å²) in [5, 5.41) is 2.48. The van der Waals surface area contributed by atoms with Gasteiger partial charge in [-0.15, -0.1) is 0 Å². The molecule has 3 rings (SSSR count). The number of hydrogen-bond donors (Lipinski definition) is 1. The predicted octanol–water partition coefficient (Wildman–Crippen LogP) is 4.08. The first-order chi connectivity index (χ1) is 15.9. The third-order valence-electron chi connectivity index (χ3n) is 5.62. The molecule has 3 amide bonds. The molecular weight excluding hydrogens is 433 g/mol. The van der Waals surface area contributed by atoms with Crippen molar-refractivity contribution in [1.29, 1.82) is 0 Å². The average Bonchev–Trinajstić information content (AvgIpc) is 2.80. The predicted molar refractivity (Wildman–Crippen MR) is 120 cm³/mol. The lowest BCUT2D eigenvalue weighted by Gasteiger charge is -2.36. The van der Waals surface area contributed by atoms with Crippen LogP contribution in [0.3, 0.4) is 0 Å². The SMILES string of the molecule is CCCC(=O)N(CCN1CCN(C(=O)Nc2ccc(F)cc2F)CC1)Cc1ccc(F)cc1. The summed E-state index contributed by atoms with van der Waals surface area (Å²) in [5.74, 6) is -1.78. The molecule has 1 N–H and O–H groups in total. The van der Waals surface area contributed by atoms with Crippen LogP contribution in [0.15, 0.2) is 42.5 Å². The highest BCUT2D eigenvalue weighted by Gasteiger charge is 2.23. The molecule has 1 fully saturated rings. The number of carbonyl (C=O) groups excluding carboxylic acids is 2. The Hall–Kier alpha value is -3.07. The minimum absolute atomic E-state index is 0.0566. The number of halogens is 3. The van der Waals surface area contributed by atoms with Crippen molar-refractivity contribution in [2.45, 2.75) is 26.3 Å². The minimum atomic E-state index is -0.819. The second kappa shape index (κ2) is 11.7. The van der Waals surface area contributed by atoms with Gasteiger partial charge in [0.25, 0.3) is 0 Å². The lowest BCUT2D eigenvalue weighted by atomic mass is 10.2. The Morgan fingerprint density at radius 2 is 1.64 bits per heavy atom. The van der Waals surface area contributed by atoms with Gasteiger partial charge in [0, 0.05) is 58.3 Å². The first-order valence-electron chi connectivity index (χ1n) is 11.1. The molecule has 0 atom stereocenters. The topological polar surface area (TPSA) is 55.9 Å². The van der Waals surface area contributed by atoms with E-state index in [9.17, 15) is 22.8 Å². The molecule has 1 aliphatic heterocycles. The molecule has 178 valence electrons. The van der Waals surface area contributed by atoms with Crippen LogP contribution >= 0.6 is 0 Å². The largest absolute Gasteiger partial charge is 0.337 e. The van der Waals surface area contributed by atoms with Crippen LogP contribution in [-0.2, 0) is 11.3 Å². The standard InChI is InChI=1S/C24H29F3N4O2/c1-2-3-23(32)31(17-18-4-6-19(25)7-5-18)15-12-29-10-13-30(14-11-29)24(33)28-22-9-8-20(26)16-21(22)27/h4-9,16H,2-3,10-15,17H2,1H3,(H,28,33). The molecule has 0 radical (unpaired) electrons. The van der Waals surface area contributed by atoms with Crippen LogP contribution in [0.2, 0.25) is 0 Å².